The fourth-order valence-electron chi connectivity index (χ4n) is 9.33. The molecule has 2 saturated heterocycles. The number of benzene rings is 2. The van der Waals surface area contributed by atoms with Crippen LogP contribution in [0.2, 0.25) is 0 Å². The lowest BCUT2D eigenvalue weighted by Crippen LogP contribution is -2.49. The number of aromatic hydroxyl groups is 1. The first-order valence-corrected chi connectivity index (χ1v) is 22.8. The highest BCUT2D eigenvalue weighted by atomic mass is 32.1. The number of nitrogens with one attached hydrogen (secondary N) is 1. The van der Waals surface area contributed by atoms with Crippen LogP contribution in [-0.2, 0) is 9.59 Å². The van der Waals surface area contributed by atoms with Gasteiger partial charge in [-0.3, -0.25) is 9.59 Å². The lowest BCUT2D eigenvalue weighted by atomic mass is 10.0. The number of carbonyl (C=O) groups is 2. The Kier molecular flexibility index (Phi) is 10.9. The van der Waals surface area contributed by atoms with Gasteiger partial charge in [-0.1, -0.05) is 55.5 Å². The summed E-state index contributed by atoms with van der Waals surface area (Å²) in [5, 5.41) is 42.2. The number of aromatic nitrogens is 9. The fourth-order valence-corrected chi connectivity index (χ4v) is 10.1. The highest BCUT2D eigenvalue weighted by Crippen LogP contribution is 2.44. The van der Waals surface area contributed by atoms with Crippen LogP contribution in [0.1, 0.15) is 87.4 Å². The molecule has 16 nitrogen and oxygen atoms in total. The summed E-state index contributed by atoms with van der Waals surface area (Å²) in [6, 6.07) is 18.0. The van der Waals surface area contributed by atoms with Crippen molar-refractivity contribution in [1.82, 2.24) is 54.9 Å². The van der Waals surface area contributed by atoms with Gasteiger partial charge >= 0.3 is 0 Å². The monoisotopic (exact) mass is 878 g/mol. The molecule has 5 atom stereocenters. The number of carbonyl (C=O) groups excluding carboxylic acids is 2. The molecule has 64 heavy (non-hydrogen) atoms. The Morgan fingerprint density at radius 1 is 0.891 bits per heavy atom. The van der Waals surface area contributed by atoms with Crippen LogP contribution in [0, 0.1) is 12.8 Å². The molecule has 328 valence electrons. The van der Waals surface area contributed by atoms with E-state index in [4.69, 9.17) is 9.97 Å². The van der Waals surface area contributed by atoms with Gasteiger partial charge < -0.3 is 29.9 Å². The van der Waals surface area contributed by atoms with E-state index in [0.29, 0.717) is 34.5 Å². The van der Waals surface area contributed by atoms with Crippen molar-refractivity contribution in [2.24, 2.45) is 5.92 Å². The number of rotatable bonds is 12. The number of phenols is 1. The molecule has 3 fully saturated rings. The van der Waals surface area contributed by atoms with Gasteiger partial charge in [0.25, 0.3) is 0 Å². The van der Waals surface area contributed by atoms with E-state index in [-0.39, 0.29) is 48.4 Å². The Morgan fingerprint density at radius 3 is 2.39 bits per heavy atom. The molecule has 2 aromatic carbocycles. The van der Waals surface area contributed by atoms with Crippen molar-refractivity contribution in [1.29, 1.82) is 0 Å². The summed E-state index contributed by atoms with van der Waals surface area (Å²) in [5.41, 5.74) is 10.4. The van der Waals surface area contributed by atoms with Crippen molar-refractivity contribution in [3.8, 4) is 38.7 Å². The van der Waals surface area contributed by atoms with E-state index in [9.17, 15) is 19.8 Å². The average Bonchev–Trinajstić information content (AvgIpc) is 3.81. The first-order chi connectivity index (χ1) is 31.0. The number of hydrogen-bond donors (Lipinski definition) is 3. The Balaban J connectivity index is 0.807. The fraction of sp³-hybridized carbons (Fsp3) is 0.383. The third kappa shape index (κ3) is 7.87. The number of phenolic OH excluding ortho intramolecular Hbond substituents is 1. The number of aliphatic hydroxyl groups is 1. The van der Waals surface area contributed by atoms with Gasteiger partial charge in [-0.15, -0.1) is 26.6 Å². The van der Waals surface area contributed by atoms with Gasteiger partial charge in [-0.2, -0.15) is 0 Å². The molecule has 0 radical (unpaired) electrons. The number of aryl methyl sites for hydroxylation is 1. The van der Waals surface area contributed by atoms with Crippen LogP contribution < -0.4 is 10.2 Å². The number of aliphatic hydroxyl groups excluding tert-OH is 1. The number of fused-ring (bicyclic) bond motifs is 1. The van der Waals surface area contributed by atoms with E-state index in [2.05, 4.69) is 46.3 Å². The summed E-state index contributed by atoms with van der Waals surface area (Å²) in [5.74, 6) is 0.231. The van der Waals surface area contributed by atoms with Gasteiger partial charge in [0.15, 0.2) is 0 Å². The molecule has 5 aromatic heterocycles. The highest BCUT2D eigenvalue weighted by molar-refractivity contribution is 7.13. The van der Waals surface area contributed by atoms with Gasteiger partial charge in [0, 0.05) is 67.2 Å². The number of para-hydroxylation sites is 1. The molecular formula is C47H50N12O4S. The molecular weight excluding hydrogens is 829 g/mol. The Morgan fingerprint density at radius 2 is 1.67 bits per heavy atom. The summed E-state index contributed by atoms with van der Waals surface area (Å²) in [4.78, 5) is 46.8. The van der Waals surface area contributed by atoms with E-state index in [1.165, 1.54) is 10.6 Å². The third-order valence-corrected chi connectivity index (χ3v) is 13.8. The zero-order chi connectivity index (χ0) is 44.2. The number of β-amino-alcohol motifs (C(OH)–C–C–N with tert-alkyl or cyclic N) is 1. The number of hydrogen-bond acceptors (Lipinski definition) is 13. The smallest absolute Gasteiger partial charge is 0.248 e. The molecule has 3 aliphatic rings. The second kappa shape index (κ2) is 16.8. The topological polar surface area (TPSA) is 193 Å². The molecule has 2 unspecified atom stereocenters. The lowest BCUT2D eigenvalue weighted by Gasteiger charge is -2.30. The van der Waals surface area contributed by atoms with Crippen LogP contribution in [0.3, 0.4) is 0 Å². The molecule has 7 aromatic rings. The number of amides is 2. The van der Waals surface area contributed by atoms with Crippen molar-refractivity contribution in [3.05, 3.63) is 102 Å². The zero-order valence-electron chi connectivity index (χ0n) is 36.1. The number of anilines is 1. The average molecular weight is 879 g/mol. The molecule has 3 N–H and O–H groups in total. The molecule has 2 amide bonds. The first-order valence-electron chi connectivity index (χ1n) is 22.0. The van der Waals surface area contributed by atoms with Crippen molar-refractivity contribution in [2.45, 2.75) is 89.6 Å². The van der Waals surface area contributed by atoms with Crippen LogP contribution in [0.4, 0.5) is 5.95 Å². The predicted octanol–water partition coefficient (Wildman–Crippen LogP) is 6.65. The first kappa shape index (κ1) is 41.4. The Hall–Kier alpha value is -6.59. The molecule has 1 aliphatic carbocycles. The maximum Gasteiger partial charge on any atom is 0.248 e. The second-order valence-electron chi connectivity index (χ2n) is 17.7. The minimum atomic E-state index is -0.840. The van der Waals surface area contributed by atoms with Crippen LogP contribution in [-0.4, -0.2) is 103 Å². The molecule has 10 rings (SSSR count). The van der Waals surface area contributed by atoms with Gasteiger partial charge in [0.05, 0.1) is 45.6 Å². The summed E-state index contributed by atoms with van der Waals surface area (Å²) in [7, 11) is 0. The van der Waals surface area contributed by atoms with Crippen molar-refractivity contribution < 1.29 is 19.8 Å². The predicted molar refractivity (Wildman–Crippen MR) is 242 cm³/mol. The summed E-state index contributed by atoms with van der Waals surface area (Å²) < 4.78 is 3.97. The van der Waals surface area contributed by atoms with Gasteiger partial charge in [0.1, 0.15) is 29.0 Å². The molecule has 1 saturated carbocycles. The standard InChI is InChI=1S/C47H50N12O4S/c1-26(2)43(46(63)57-23-34(60)17-41(57)45(62)51-27(3)29-9-11-30(12-10-29)44-28(4)50-25-64-44)58-24-38(54-55-58)32-20-48-47(49-21-32)56-16-15-31(22-56)39-19-37-40(59(39)33-13-14-33)18-36(52-53-37)35-7-5-6-8-42(35)61/h5-12,18-21,24-27,31,33-34,41,43,60-61H,13-17,22-23H2,1-4H3,(H,51,62)/t27-,31?,34+,41-,43?/m0/s1. The van der Waals surface area contributed by atoms with Crippen molar-refractivity contribution >= 4 is 40.1 Å². The van der Waals surface area contributed by atoms with E-state index in [1.807, 2.05) is 75.7 Å². The van der Waals surface area contributed by atoms with Gasteiger partial charge in [-0.25, -0.2) is 19.6 Å². The number of likely N-dealkylation sites (tertiary alicyclic amines) is 1. The van der Waals surface area contributed by atoms with E-state index < -0.39 is 18.2 Å². The van der Waals surface area contributed by atoms with Crippen LogP contribution in [0.15, 0.2) is 84.8 Å². The quantitative estimate of drug-likeness (QED) is 0.119. The van der Waals surface area contributed by atoms with Crippen LogP contribution in [0.5, 0.6) is 5.75 Å². The minimum absolute atomic E-state index is 0.0448. The van der Waals surface area contributed by atoms with Crippen LogP contribution in [0.25, 0.3) is 44.0 Å². The van der Waals surface area contributed by atoms with E-state index in [1.54, 1.807) is 46.7 Å². The number of nitrogens with zero attached hydrogens (tertiary/aromatic N) is 11. The van der Waals surface area contributed by atoms with Gasteiger partial charge in [0.2, 0.25) is 17.8 Å². The Labute approximate surface area is 374 Å². The van der Waals surface area contributed by atoms with E-state index >= 15 is 0 Å². The Bertz CT molecular complexity index is 2830. The molecule has 17 heteroatoms. The molecule has 7 heterocycles. The van der Waals surface area contributed by atoms with Crippen LogP contribution >= 0.6 is 11.3 Å². The summed E-state index contributed by atoms with van der Waals surface area (Å²) in [6.07, 6.45) is 7.67. The SMILES string of the molecule is Cc1ncsc1-c1ccc([C@H](C)NC(=O)[C@@H]2C[C@@H](O)CN2C(=O)C(C(C)C)n2cc(-c3cnc(N4CCC(c5cc6nnc(-c7ccccc7O)cc6n5C5CC5)C4)nc3)nn2)cc1. The highest BCUT2D eigenvalue weighted by Gasteiger charge is 2.43. The number of thiazole rings is 1. The van der Waals surface area contributed by atoms with Crippen molar-refractivity contribution in [2.75, 3.05) is 24.5 Å². The molecule has 0 spiro atoms. The maximum absolute atomic E-state index is 14.3. The van der Waals surface area contributed by atoms with Gasteiger partial charge in [-0.05, 0) is 74.4 Å². The molecule has 0 bridgehead atoms. The minimum Gasteiger partial charge on any atom is -0.507 e. The zero-order valence-corrected chi connectivity index (χ0v) is 36.9. The van der Waals surface area contributed by atoms with Crippen molar-refractivity contribution in [3.63, 3.8) is 0 Å². The van der Waals surface area contributed by atoms with E-state index in [0.717, 1.165) is 65.1 Å². The normalized spacial score (nSPS) is 19.8. The lowest BCUT2D eigenvalue weighted by molar-refractivity contribution is -0.142. The summed E-state index contributed by atoms with van der Waals surface area (Å²) >= 11 is 1.59. The largest absolute Gasteiger partial charge is 0.507 e. The maximum atomic E-state index is 14.3. The third-order valence-electron chi connectivity index (χ3n) is 12.9. The second-order valence-corrected chi connectivity index (χ2v) is 18.5. The summed E-state index contributed by atoms with van der Waals surface area (Å²) in [6.45, 7) is 9.34. The molecule has 2 aliphatic heterocycles.